The third-order valence-corrected chi connectivity index (χ3v) is 7.73. The largest absolute Gasteiger partial charge is 0.497 e. The van der Waals surface area contributed by atoms with E-state index < -0.39 is 0 Å². The zero-order valence-electron chi connectivity index (χ0n) is 27.5. The van der Waals surface area contributed by atoms with Gasteiger partial charge in [-0.25, -0.2) is 9.97 Å². The van der Waals surface area contributed by atoms with Crippen LogP contribution in [-0.2, 0) is 0 Å². The van der Waals surface area contributed by atoms with Crippen molar-refractivity contribution >= 4 is 55.9 Å². The lowest BCUT2D eigenvalue weighted by atomic mass is 10.1. The summed E-state index contributed by atoms with van der Waals surface area (Å²) in [5, 5.41) is 21.1. The maximum Gasteiger partial charge on any atom is 0.280 e. The second kappa shape index (κ2) is 14.4. The van der Waals surface area contributed by atoms with Gasteiger partial charge in [0, 0.05) is 87.6 Å². The zero-order valence-corrected chi connectivity index (χ0v) is 27.5. The molecule has 0 fully saturated rings. The SMILES string of the molecule is COc1cc(Nc2nccc3c(N)c(C)ccc23)cc(OC)c1.COc1cc(Nc2nccc3c([N+](=O)[O-])c(C)ccc23)cc(OC)c1. The summed E-state index contributed by atoms with van der Waals surface area (Å²) in [6, 6.07) is 22.1. The molecule has 2 aromatic heterocycles. The normalized spacial score (nSPS) is 10.5. The van der Waals surface area contributed by atoms with Gasteiger partial charge in [0.15, 0.2) is 0 Å². The number of nitro benzene ring substituents is 1. The molecule has 12 heteroatoms. The van der Waals surface area contributed by atoms with Gasteiger partial charge >= 0.3 is 0 Å². The van der Waals surface area contributed by atoms with Crippen LogP contribution in [0.25, 0.3) is 21.5 Å². The topological polar surface area (TPSA) is 156 Å². The van der Waals surface area contributed by atoms with Crippen LogP contribution in [0.1, 0.15) is 11.1 Å². The van der Waals surface area contributed by atoms with E-state index in [4.69, 9.17) is 24.7 Å². The quantitative estimate of drug-likeness (QED) is 0.0791. The van der Waals surface area contributed by atoms with E-state index in [0.717, 1.165) is 33.5 Å². The first-order valence-corrected chi connectivity index (χ1v) is 14.8. The molecule has 12 nitrogen and oxygen atoms in total. The average molecular weight is 649 g/mol. The maximum atomic E-state index is 11.4. The monoisotopic (exact) mass is 648 g/mol. The number of ether oxygens (including phenoxy) is 4. The summed E-state index contributed by atoms with van der Waals surface area (Å²) in [4.78, 5) is 19.8. The summed E-state index contributed by atoms with van der Waals surface area (Å²) in [5.74, 6) is 3.94. The van der Waals surface area contributed by atoms with Crippen LogP contribution >= 0.6 is 0 Å². The fourth-order valence-electron chi connectivity index (χ4n) is 5.21. The van der Waals surface area contributed by atoms with Gasteiger partial charge in [0.2, 0.25) is 0 Å². The fourth-order valence-corrected chi connectivity index (χ4v) is 5.21. The molecule has 6 aromatic rings. The summed E-state index contributed by atoms with van der Waals surface area (Å²) >= 11 is 0. The highest BCUT2D eigenvalue weighted by Crippen LogP contribution is 2.35. The minimum Gasteiger partial charge on any atom is -0.497 e. The molecule has 0 bridgehead atoms. The van der Waals surface area contributed by atoms with E-state index in [-0.39, 0.29) is 10.6 Å². The second-order valence-corrected chi connectivity index (χ2v) is 10.7. The van der Waals surface area contributed by atoms with Gasteiger partial charge in [-0.15, -0.1) is 0 Å². The van der Waals surface area contributed by atoms with Crippen molar-refractivity contribution < 1.29 is 23.9 Å². The van der Waals surface area contributed by atoms with Crippen LogP contribution < -0.4 is 35.3 Å². The number of nitrogens with zero attached hydrogens (tertiary/aromatic N) is 3. The number of hydrogen-bond acceptors (Lipinski definition) is 11. The Morgan fingerprint density at radius 2 is 1.02 bits per heavy atom. The van der Waals surface area contributed by atoms with Gasteiger partial charge in [-0.2, -0.15) is 0 Å². The maximum absolute atomic E-state index is 11.4. The predicted octanol–water partition coefficient (Wildman–Crippen LogP) is 8.10. The third-order valence-electron chi connectivity index (χ3n) is 7.73. The average Bonchev–Trinajstić information content (AvgIpc) is 3.09. The van der Waals surface area contributed by atoms with Crippen LogP contribution in [0.2, 0.25) is 0 Å². The van der Waals surface area contributed by atoms with Crippen molar-refractivity contribution in [1.82, 2.24) is 9.97 Å². The van der Waals surface area contributed by atoms with Crippen LogP contribution in [0, 0.1) is 24.0 Å². The van der Waals surface area contributed by atoms with E-state index in [1.54, 1.807) is 78.1 Å². The molecule has 0 saturated heterocycles. The standard InChI is InChI=1S/C18H17N3O4.C18H19N3O2/c1-11-4-5-16-15(17(11)21(22)23)6-7-19-18(16)20-12-8-13(24-2)10-14(9-12)25-3;1-11-4-5-16-15(17(11)19)6-7-20-18(16)21-12-8-13(22-2)10-14(9-12)23-3/h4-10H,1-3H3,(H,19,20);4-10H,19H2,1-3H3,(H,20,21). The Bertz CT molecular complexity index is 2080. The number of pyridine rings is 2. The molecule has 0 amide bonds. The molecule has 0 unspecified atom stereocenters. The Balaban J connectivity index is 0.000000188. The van der Waals surface area contributed by atoms with Gasteiger partial charge in [0.05, 0.1) is 38.7 Å². The number of aryl methyl sites for hydroxylation is 2. The van der Waals surface area contributed by atoms with Gasteiger partial charge in [-0.3, -0.25) is 10.1 Å². The molecule has 0 aliphatic carbocycles. The van der Waals surface area contributed by atoms with Crippen molar-refractivity contribution in [2.24, 2.45) is 0 Å². The molecule has 0 aliphatic rings. The second-order valence-electron chi connectivity index (χ2n) is 10.7. The van der Waals surface area contributed by atoms with E-state index in [0.29, 0.717) is 50.8 Å². The Morgan fingerprint density at radius 3 is 1.46 bits per heavy atom. The van der Waals surface area contributed by atoms with Crippen LogP contribution in [0.15, 0.2) is 85.2 Å². The van der Waals surface area contributed by atoms with Gasteiger partial charge in [0.1, 0.15) is 34.6 Å². The molecule has 6 rings (SSSR count). The number of anilines is 5. The Morgan fingerprint density at radius 1 is 0.604 bits per heavy atom. The number of nitrogens with one attached hydrogen (secondary N) is 2. The van der Waals surface area contributed by atoms with Crippen molar-refractivity contribution in [3.05, 3.63) is 106 Å². The summed E-state index contributed by atoms with van der Waals surface area (Å²) < 4.78 is 21.1. The van der Waals surface area contributed by atoms with E-state index in [1.165, 1.54) is 0 Å². The van der Waals surface area contributed by atoms with Crippen molar-refractivity contribution in [1.29, 1.82) is 0 Å². The molecule has 0 atom stereocenters. The lowest BCUT2D eigenvalue weighted by molar-refractivity contribution is -0.383. The minimum atomic E-state index is -0.365. The van der Waals surface area contributed by atoms with Crippen molar-refractivity contribution in [3.63, 3.8) is 0 Å². The lowest BCUT2D eigenvalue weighted by Gasteiger charge is -2.13. The number of benzene rings is 4. The lowest BCUT2D eigenvalue weighted by Crippen LogP contribution is -1.99. The van der Waals surface area contributed by atoms with E-state index >= 15 is 0 Å². The number of methoxy groups -OCH3 is 4. The van der Waals surface area contributed by atoms with Crippen LogP contribution in [0.4, 0.5) is 34.4 Å². The highest BCUT2D eigenvalue weighted by atomic mass is 16.6. The van der Waals surface area contributed by atoms with E-state index in [1.807, 2.05) is 49.4 Å². The van der Waals surface area contributed by atoms with Crippen LogP contribution in [0.5, 0.6) is 23.0 Å². The summed E-state index contributed by atoms with van der Waals surface area (Å²) in [5.41, 5.74) is 10.2. The number of nitro groups is 1. The van der Waals surface area contributed by atoms with Crippen molar-refractivity contribution in [2.45, 2.75) is 13.8 Å². The summed E-state index contributed by atoms with van der Waals surface area (Å²) in [6.07, 6.45) is 3.30. The number of fused-ring (bicyclic) bond motifs is 2. The highest BCUT2D eigenvalue weighted by molar-refractivity contribution is 6.01. The van der Waals surface area contributed by atoms with E-state index in [2.05, 4.69) is 20.6 Å². The van der Waals surface area contributed by atoms with Gasteiger partial charge < -0.3 is 35.3 Å². The Hall–Kier alpha value is -6.30. The zero-order chi connectivity index (χ0) is 34.4. The fraction of sp³-hybridized carbons (Fsp3) is 0.167. The third kappa shape index (κ3) is 7.07. The van der Waals surface area contributed by atoms with Gasteiger partial charge in [0.25, 0.3) is 5.69 Å². The smallest absolute Gasteiger partial charge is 0.280 e. The first-order chi connectivity index (χ1) is 23.1. The molecule has 0 saturated carbocycles. The first kappa shape index (κ1) is 33.1. The summed E-state index contributed by atoms with van der Waals surface area (Å²) in [7, 11) is 6.39. The molecule has 246 valence electrons. The number of nitrogen functional groups attached to an aromatic ring is 1. The van der Waals surface area contributed by atoms with Gasteiger partial charge in [-0.1, -0.05) is 18.2 Å². The van der Waals surface area contributed by atoms with Crippen LogP contribution in [-0.4, -0.2) is 43.3 Å². The molecule has 4 aromatic carbocycles. The predicted molar refractivity (Wildman–Crippen MR) is 190 cm³/mol. The number of nitrogens with two attached hydrogens (primary N) is 1. The number of aromatic nitrogens is 2. The molecule has 0 spiro atoms. The molecule has 48 heavy (non-hydrogen) atoms. The molecular weight excluding hydrogens is 612 g/mol. The molecule has 0 radical (unpaired) electrons. The first-order valence-electron chi connectivity index (χ1n) is 14.8. The number of rotatable bonds is 9. The minimum absolute atomic E-state index is 0.0890. The Kier molecular flexibility index (Phi) is 9.94. The number of hydrogen-bond donors (Lipinski definition) is 3. The van der Waals surface area contributed by atoms with Crippen molar-refractivity contribution in [3.8, 4) is 23.0 Å². The molecular formula is C36H36N6O6. The van der Waals surface area contributed by atoms with E-state index in [9.17, 15) is 10.1 Å². The highest BCUT2D eigenvalue weighted by Gasteiger charge is 2.18. The molecule has 2 heterocycles. The van der Waals surface area contributed by atoms with Crippen molar-refractivity contribution in [2.75, 3.05) is 44.8 Å². The summed E-state index contributed by atoms with van der Waals surface area (Å²) in [6.45, 7) is 3.72. The van der Waals surface area contributed by atoms with Crippen LogP contribution in [0.3, 0.4) is 0 Å². The molecule has 4 N–H and O–H groups in total. The Labute approximate surface area is 277 Å². The molecule has 0 aliphatic heterocycles. The van der Waals surface area contributed by atoms with Gasteiger partial charge in [-0.05, 0) is 37.6 Å².